The highest BCUT2D eigenvalue weighted by Crippen LogP contribution is 2.33. The minimum absolute atomic E-state index is 0.109. The Bertz CT molecular complexity index is 433. The summed E-state index contributed by atoms with van der Waals surface area (Å²) in [4.78, 5) is 0. The second-order valence-corrected chi connectivity index (χ2v) is 6.60. The predicted molar refractivity (Wildman–Crippen MR) is 79.3 cm³/mol. The minimum atomic E-state index is -0.156. The van der Waals surface area contributed by atoms with E-state index in [1.807, 2.05) is 6.07 Å². The highest BCUT2D eigenvalue weighted by atomic mass is 16.5. The van der Waals surface area contributed by atoms with Crippen molar-refractivity contribution < 1.29 is 4.74 Å². The summed E-state index contributed by atoms with van der Waals surface area (Å²) >= 11 is 0. The van der Waals surface area contributed by atoms with Crippen molar-refractivity contribution in [3.63, 3.8) is 0 Å². The molecule has 1 aliphatic carbocycles. The molecular formula is C16H26N2O. The van der Waals surface area contributed by atoms with Crippen LogP contribution in [0.1, 0.15) is 50.8 Å². The summed E-state index contributed by atoms with van der Waals surface area (Å²) in [6, 6.07) is 6.18. The van der Waals surface area contributed by atoms with Gasteiger partial charge in [0.2, 0.25) is 0 Å². The molecule has 2 rings (SSSR count). The number of benzene rings is 1. The molecule has 0 amide bonds. The molecule has 1 aromatic carbocycles. The van der Waals surface area contributed by atoms with Crippen LogP contribution in [0.15, 0.2) is 18.2 Å². The summed E-state index contributed by atoms with van der Waals surface area (Å²) in [6.45, 7) is 7.84. The third kappa shape index (κ3) is 3.71. The summed E-state index contributed by atoms with van der Waals surface area (Å²) in [5.41, 5.74) is 14.3. The van der Waals surface area contributed by atoms with Gasteiger partial charge in [0.1, 0.15) is 5.75 Å². The lowest BCUT2D eigenvalue weighted by Crippen LogP contribution is -2.23. The van der Waals surface area contributed by atoms with Gasteiger partial charge in [-0.25, -0.2) is 0 Å². The molecule has 0 aromatic heterocycles. The van der Waals surface area contributed by atoms with Crippen molar-refractivity contribution >= 4 is 0 Å². The van der Waals surface area contributed by atoms with Crippen molar-refractivity contribution in [3.8, 4) is 5.75 Å². The molecule has 1 fully saturated rings. The number of ether oxygens (including phenoxy) is 1. The van der Waals surface area contributed by atoms with E-state index >= 15 is 0 Å². The molecule has 0 aliphatic heterocycles. The van der Waals surface area contributed by atoms with E-state index in [-0.39, 0.29) is 11.5 Å². The monoisotopic (exact) mass is 262 g/mol. The maximum Gasteiger partial charge on any atom is 0.124 e. The highest BCUT2D eigenvalue weighted by Gasteiger charge is 2.23. The Kier molecular flexibility index (Phi) is 4.16. The van der Waals surface area contributed by atoms with E-state index in [1.165, 1.54) is 18.4 Å². The average Bonchev–Trinajstić information content (AvgIpc) is 3.18. The van der Waals surface area contributed by atoms with Crippen LogP contribution in [0.2, 0.25) is 0 Å². The molecule has 3 heteroatoms. The first kappa shape index (κ1) is 14.4. The summed E-state index contributed by atoms with van der Waals surface area (Å²) in [7, 11) is 0. The van der Waals surface area contributed by atoms with Crippen molar-refractivity contribution in [2.75, 3.05) is 13.2 Å². The fourth-order valence-electron chi connectivity index (χ4n) is 2.06. The van der Waals surface area contributed by atoms with Gasteiger partial charge < -0.3 is 16.2 Å². The molecule has 1 saturated carbocycles. The summed E-state index contributed by atoms with van der Waals surface area (Å²) in [5, 5.41) is 0. The number of rotatable bonds is 5. The van der Waals surface area contributed by atoms with Gasteiger partial charge in [-0.15, -0.1) is 0 Å². The largest absolute Gasteiger partial charge is 0.493 e. The van der Waals surface area contributed by atoms with Crippen LogP contribution >= 0.6 is 0 Å². The summed E-state index contributed by atoms with van der Waals surface area (Å²) < 4.78 is 5.92. The van der Waals surface area contributed by atoms with Gasteiger partial charge in [-0.05, 0) is 41.9 Å². The maximum absolute atomic E-state index is 6.12. The standard InChI is InChI=1S/C16H26N2O/c1-16(2,3)12-6-7-15(19-10-11-4-5-11)13(8-12)14(18)9-17/h6-8,11,14H,4-5,9-10,17-18H2,1-3H3. The molecule has 4 N–H and O–H groups in total. The zero-order valence-corrected chi connectivity index (χ0v) is 12.3. The Morgan fingerprint density at radius 2 is 2.00 bits per heavy atom. The van der Waals surface area contributed by atoms with Crippen molar-refractivity contribution in [1.82, 2.24) is 0 Å². The van der Waals surface area contributed by atoms with Crippen LogP contribution < -0.4 is 16.2 Å². The topological polar surface area (TPSA) is 61.3 Å². The van der Waals surface area contributed by atoms with Gasteiger partial charge in [0.15, 0.2) is 0 Å². The van der Waals surface area contributed by atoms with Gasteiger partial charge in [-0.2, -0.15) is 0 Å². The van der Waals surface area contributed by atoms with Gasteiger partial charge >= 0.3 is 0 Å². The van der Waals surface area contributed by atoms with Crippen molar-refractivity contribution in [3.05, 3.63) is 29.3 Å². The quantitative estimate of drug-likeness (QED) is 0.857. The molecule has 0 saturated heterocycles. The molecule has 1 aromatic rings. The number of hydrogen-bond acceptors (Lipinski definition) is 3. The second-order valence-electron chi connectivity index (χ2n) is 6.60. The van der Waals surface area contributed by atoms with Crippen LogP contribution in [0.5, 0.6) is 5.75 Å². The fraction of sp³-hybridized carbons (Fsp3) is 0.625. The first-order valence-corrected chi connectivity index (χ1v) is 7.14. The molecule has 3 nitrogen and oxygen atoms in total. The van der Waals surface area contributed by atoms with Crippen LogP contribution in [0.25, 0.3) is 0 Å². The zero-order chi connectivity index (χ0) is 14.0. The first-order chi connectivity index (χ1) is 8.91. The average molecular weight is 262 g/mol. The number of hydrogen-bond donors (Lipinski definition) is 2. The molecule has 0 spiro atoms. The van der Waals surface area contributed by atoms with Crippen molar-refractivity contribution in [2.24, 2.45) is 17.4 Å². The molecule has 1 aliphatic rings. The highest BCUT2D eigenvalue weighted by molar-refractivity contribution is 5.41. The Morgan fingerprint density at radius 3 is 2.53 bits per heavy atom. The van der Waals surface area contributed by atoms with Crippen LogP contribution in [0.4, 0.5) is 0 Å². The van der Waals surface area contributed by atoms with Crippen molar-refractivity contribution in [2.45, 2.75) is 45.1 Å². The third-order valence-corrected chi connectivity index (χ3v) is 3.70. The van der Waals surface area contributed by atoms with E-state index in [9.17, 15) is 0 Å². The Hall–Kier alpha value is -1.06. The lowest BCUT2D eigenvalue weighted by Gasteiger charge is -2.23. The molecular weight excluding hydrogens is 236 g/mol. The molecule has 0 heterocycles. The predicted octanol–water partition coefficient (Wildman–Crippen LogP) is 2.73. The van der Waals surface area contributed by atoms with Gasteiger partial charge in [-0.1, -0.05) is 26.8 Å². The van der Waals surface area contributed by atoms with E-state index < -0.39 is 0 Å². The maximum atomic E-state index is 6.12. The van der Waals surface area contributed by atoms with Crippen LogP contribution in [-0.2, 0) is 5.41 Å². The molecule has 1 atom stereocenters. The second kappa shape index (κ2) is 5.51. The summed E-state index contributed by atoms with van der Waals surface area (Å²) in [5.74, 6) is 1.64. The van der Waals surface area contributed by atoms with Crippen LogP contribution in [0, 0.1) is 5.92 Å². The van der Waals surface area contributed by atoms with Crippen LogP contribution in [-0.4, -0.2) is 13.2 Å². The van der Waals surface area contributed by atoms with E-state index in [2.05, 4.69) is 32.9 Å². The van der Waals surface area contributed by atoms with E-state index in [4.69, 9.17) is 16.2 Å². The zero-order valence-electron chi connectivity index (χ0n) is 12.3. The Balaban J connectivity index is 2.24. The smallest absolute Gasteiger partial charge is 0.124 e. The molecule has 0 radical (unpaired) electrons. The lowest BCUT2D eigenvalue weighted by molar-refractivity contribution is 0.295. The first-order valence-electron chi connectivity index (χ1n) is 7.14. The SMILES string of the molecule is CC(C)(C)c1ccc(OCC2CC2)c(C(N)CN)c1. The minimum Gasteiger partial charge on any atom is -0.493 e. The van der Waals surface area contributed by atoms with Gasteiger partial charge in [0, 0.05) is 18.2 Å². The van der Waals surface area contributed by atoms with E-state index in [0.717, 1.165) is 23.8 Å². The molecule has 106 valence electrons. The van der Waals surface area contributed by atoms with Gasteiger partial charge in [0.05, 0.1) is 6.61 Å². The van der Waals surface area contributed by atoms with Crippen LogP contribution in [0.3, 0.4) is 0 Å². The fourth-order valence-corrected chi connectivity index (χ4v) is 2.06. The van der Waals surface area contributed by atoms with Gasteiger partial charge in [-0.3, -0.25) is 0 Å². The molecule has 0 bridgehead atoms. The summed E-state index contributed by atoms with van der Waals surface area (Å²) in [6.07, 6.45) is 2.58. The Morgan fingerprint density at radius 1 is 1.32 bits per heavy atom. The lowest BCUT2D eigenvalue weighted by atomic mass is 9.85. The number of nitrogens with two attached hydrogens (primary N) is 2. The van der Waals surface area contributed by atoms with E-state index in [0.29, 0.717) is 6.54 Å². The molecule has 19 heavy (non-hydrogen) atoms. The van der Waals surface area contributed by atoms with Crippen molar-refractivity contribution in [1.29, 1.82) is 0 Å². The molecule has 1 unspecified atom stereocenters. The van der Waals surface area contributed by atoms with E-state index in [1.54, 1.807) is 0 Å². The van der Waals surface area contributed by atoms with Gasteiger partial charge in [0.25, 0.3) is 0 Å². The Labute approximate surface area is 116 Å². The third-order valence-electron chi connectivity index (χ3n) is 3.70. The normalized spacial score (nSPS) is 17.3.